The summed E-state index contributed by atoms with van der Waals surface area (Å²) in [5, 5.41) is 5.97. The molecule has 0 aliphatic rings. The van der Waals surface area contributed by atoms with Crippen LogP contribution in [0.4, 0.5) is 0 Å². The van der Waals surface area contributed by atoms with Crippen LogP contribution in [0.1, 0.15) is 31.4 Å². The minimum atomic E-state index is -0.236. The van der Waals surface area contributed by atoms with Crippen LogP contribution in [0, 0.1) is 0 Å². The molecule has 3 nitrogen and oxygen atoms in total. The Morgan fingerprint density at radius 1 is 1.21 bits per heavy atom. The number of fused-ring (bicyclic) bond motifs is 1. The van der Waals surface area contributed by atoms with Crippen molar-refractivity contribution in [2.45, 2.75) is 25.8 Å². The maximum absolute atomic E-state index is 10.7. The Balaban J connectivity index is 2.05. The number of nitrogens with two attached hydrogens (primary N) is 1. The first kappa shape index (κ1) is 13.6. The van der Waals surface area contributed by atoms with Gasteiger partial charge in [-0.1, -0.05) is 42.5 Å². The van der Waals surface area contributed by atoms with Gasteiger partial charge in [-0.25, -0.2) is 0 Å². The van der Waals surface area contributed by atoms with Gasteiger partial charge < -0.3 is 11.1 Å². The van der Waals surface area contributed by atoms with Gasteiger partial charge in [0.15, 0.2) is 0 Å². The first-order valence-corrected chi connectivity index (χ1v) is 6.68. The zero-order chi connectivity index (χ0) is 13.7. The molecule has 1 unspecified atom stereocenters. The number of carbonyl (C=O) groups excluding carboxylic acids is 1. The third-order valence-corrected chi connectivity index (χ3v) is 3.34. The number of rotatable bonds is 6. The summed E-state index contributed by atoms with van der Waals surface area (Å²) in [6, 6.07) is 15.0. The quantitative estimate of drug-likeness (QED) is 0.781. The highest BCUT2D eigenvalue weighted by molar-refractivity contribution is 5.86. The summed E-state index contributed by atoms with van der Waals surface area (Å²) in [6.07, 6.45) is 1.22. The molecule has 0 heterocycles. The van der Waals surface area contributed by atoms with Crippen LogP contribution in [-0.4, -0.2) is 12.5 Å². The van der Waals surface area contributed by atoms with Gasteiger partial charge in [-0.15, -0.1) is 0 Å². The van der Waals surface area contributed by atoms with Crippen LogP contribution in [0.25, 0.3) is 10.8 Å². The fourth-order valence-electron chi connectivity index (χ4n) is 2.32. The van der Waals surface area contributed by atoms with Crippen LogP contribution >= 0.6 is 0 Å². The van der Waals surface area contributed by atoms with Crippen molar-refractivity contribution in [1.29, 1.82) is 0 Å². The summed E-state index contributed by atoms with van der Waals surface area (Å²) in [4.78, 5) is 10.7. The second kappa shape index (κ2) is 6.34. The van der Waals surface area contributed by atoms with E-state index in [0.717, 1.165) is 13.0 Å². The molecule has 2 rings (SSSR count). The molecule has 0 radical (unpaired) electrons. The number of hydrogen-bond acceptors (Lipinski definition) is 2. The van der Waals surface area contributed by atoms with Gasteiger partial charge in [0.25, 0.3) is 0 Å². The molecule has 2 aromatic carbocycles. The van der Waals surface area contributed by atoms with E-state index in [2.05, 4.69) is 54.7 Å². The van der Waals surface area contributed by atoms with E-state index in [-0.39, 0.29) is 11.9 Å². The molecule has 3 heteroatoms. The zero-order valence-corrected chi connectivity index (χ0v) is 11.2. The molecule has 2 aromatic rings. The van der Waals surface area contributed by atoms with E-state index in [1.807, 2.05) is 0 Å². The number of primary amides is 1. The van der Waals surface area contributed by atoms with Crippen molar-refractivity contribution in [2.75, 3.05) is 6.54 Å². The molecule has 1 amide bonds. The molecule has 0 aliphatic heterocycles. The molecular weight excluding hydrogens is 236 g/mol. The van der Waals surface area contributed by atoms with Crippen LogP contribution in [0.15, 0.2) is 42.5 Å². The van der Waals surface area contributed by atoms with Crippen molar-refractivity contribution in [3.63, 3.8) is 0 Å². The number of benzene rings is 2. The van der Waals surface area contributed by atoms with Gasteiger partial charge in [0, 0.05) is 12.5 Å². The fraction of sp³-hybridized carbons (Fsp3) is 0.312. The van der Waals surface area contributed by atoms with E-state index >= 15 is 0 Å². The summed E-state index contributed by atoms with van der Waals surface area (Å²) >= 11 is 0. The van der Waals surface area contributed by atoms with E-state index in [9.17, 15) is 4.79 Å². The first-order chi connectivity index (χ1) is 9.18. The SMILES string of the molecule is CC(NCCCC(N)=O)c1cccc2ccccc12. The molecule has 0 saturated heterocycles. The lowest BCUT2D eigenvalue weighted by Gasteiger charge is -2.16. The summed E-state index contributed by atoms with van der Waals surface area (Å²) in [5.74, 6) is -0.236. The number of hydrogen-bond donors (Lipinski definition) is 2. The summed E-state index contributed by atoms with van der Waals surface area (Å²) in [7, 11) is 0. The Morgan fingerprint density at radius 2 is 1.95 bits per heavy atom. The van der Waals surface area contributed by atoms with Crippen molar-refractivity contribution in [3.8, 4) is 0 Å². The van der Waals surface area contributed by atoms with Crippen molar-refractivity contribution in [2.24, 2.45) is 5.73 Å². The predicted molar refractivity (Wildman–Crippen MR) is 78.8 cm³/mol. The highest BCUT2D eigenvalue weighted by atomic mass is 16.1. The van der Waals surface area contributed by atoms with Gasteiger partial charge in [0.2, 0.25) is 5.91 Å². The topological polar surface area (TPSA) is 55.1 Å². The summed E-state index contributed by atoms with van der Waals surface area (Å²) < 4.78 is 0. The van der Waals surface area contributed by atoms with E-state index in [1.54, 1.807) is 0 Å². The van der Waals surface area contributed by atoms with Crippen molar-refractivity contribution in [3.05, 3.63) is 48.0 Å². The van der Waals surface area contributed by atoms with E-state index in [1.165, 1.54) is 16.3 Å². The molecule has 0 fully saturated rings. The Kier molecular flexibility index (Phi) is 4.53. The Morgan fingerprint density at radius 3 is 2.74 bits per heavy atom. The Labute approximate surface area is 113 Å². The minimum Gasteiger partial charge on any atom is -0.370 e. The molecule has 1 atom stereocenters. The molecular formula is C16H20N2O. The normalized spacial score (nSPS) is 12.5. The largest absolute Gasteiger partial charge is 0.370 e. The lowest BCUT2D eigenvalue weighted by atomic mass is 9.99. The second-order valence-corrected chi connectivity index (χ2v) is 4.81. The first-order valence-electron chi connectivity index (χ1n) is 6.68. The average Bonchev–Trinajstić information content (AvgIpc) is 2.42. The van der Waals surface area contributed by atoms with Crippen LogP contribution in [0.2, 0.25) is 0 Å². The summed E-state index contributed by atoms with van der Waals surface area (Å²) in [5.41, 5.74) is 6.42. The minimum absolute atomic E-state index is 0.236. The molecule has 0 aromatic heterocycles. The zero-order valence-electron chi connectivity index (χ0n) is 11.2. The van der Waals surface area contributed by atoms with Gasteiger partial charge in [0.05, 0.1) is 0 Å². The third-order valence-electron chi connectivity index (χ3n) is 3.34. The van der Waals surface area contributed by atoms with Gasteiger partial charge >= 0.3 is 0 Å². The maximum Gasteiger partial charge on any atom is 0.217 e. The molecule has 19 heavy (non-hydrogen) atoms. The molecule has 0 bridgehead atoms. The van der Waals surface area contributed by atoms with Crippen LogP contribution < -0.4 is 11.1 Å². The Bertz CT molecular complexity index is 560. The predicted octanol–water partition coefficient (Wildman–Crippen LogP) is 2.76. The molecule has 0 saturated carbocycles. The van der Waals surface area contributed by atoms with Crippen LogP contribution in [0.3, 0.4) is 0 Å². The summed E-state index contributed by atoms with van der Waals surface area (Å²) in [6.45, 7) is 2.94. The average molecular weight is 256 g/mol. The van der Waals surface area contributed by atoms with E-state index in [0.29, 0.717) is 6.42 Å². The lowest BCUT2D eigenvalue weighted by molar-refractivity contribution is -0.118. The van der Waals surface area contributed by atoms with E-state index < -0.39 is 0 Å². The van der Waals surface area contributed by atoms with Gasteiger partial charge in [-0.3, -0.25) is 4.79 Å². The Hall–Kier alpha value is -1.87. The van der Waals surface area contributed by atoms with Gasteiger partial charge in [-0.05, 0) is 36.2 Å². The maximum atomic E-state index is 10.7. The van der Waals surface area contributed by atoms with Gasteiger partial charge in [-0.2, -0.15) is 0 Å². The monoisotopic (exact) mass is 256 g/mol. The standard InChI is InChI=1S/C16H20N2O/c1-12(18-11-5-10-16(17)19)14-9-4-7-13-6-2-3-8-15(13)14/h2-4,6-9,12,18H,5,10-11H2,1H3,(H2,17,19). The smallest absolute Gasteiger partial charge is 0.217 e. The van der Waals surface area contributed by atoms with Crippen LogP contribution in [0.5, 0.6) is 0 Å². The molecule has 0 aliphatic carbocycles. The highest BCUT2D eigenvalue weighted by Crippen LogP contribution is 2.23. The van der Waals surface area contributed by atoms with E-state index in [4.69, 9.17) is 5.73 Å². The van der Waals surface area contributed by atoms with Crippen LogP contribution in [-0.2, 0) is 4.79 Å². The number of carbonyl (C=O) groups is 1. The number of amides is 1. The van der Waals surface area contributed by atoms with Crippen molar-refractivity contribution < 1.29 is 4.79 Å². The molecule has 100 valence electrons. The number of nitrogens with one attached hydrogen (secondary N) is 1. The lowest BCUT2D eigenvalue weighted by Crippen LogP contribution is -2.21. The highest BCUT2D eigenvalue weighted by Gasteiger charge is 2.08. The van der Waals surface area contributed by atoms with Gasteiger partial charge in [0.1, 0.15) is 0 Å². The third kappa shape index (κ3) is 3.55. The molecule has 0 spiro atoms. The van der Waals surface area contributed by atoms with Crippen molar-refractivity contribution in [1.82, 2.24) is 5.32 Å². The fourth-order valence-corrected chi connectivity index (χ4v) is 2.32. The van der Waals surface area contributed by atoms with Crippen molar-refractivity contribution >= 4 is 16.7 Å². The second-order valence-electron chi connectivity index (χ2n) is 4.81. The molecule has 3 N–H and O–H groups in total.